The van der Waals surface area contributed by atoms with Gasteiger partial charge in [-0.05, 0) is 75.0 Å². The van der Waals surface area contributed by atoms with E-state index in [0.29, 0.717) is 10.8 Å². The second kappa shape index (κ2) is 5.11. The maximum absolute atomic E-state index is 4.43. The van der Waals surface area contributed by atoms with Crippen LogP contribution in [0.5, 0.6) is 0 Å². The first-order chi connectivity index (χ1) is 9.17. The molecule has 3 rings (SSSR count). The molecule has 0 bridgehead atoms. The Morgan fingerprint density at radius 3 is 1.42 bits per heavy atom. The normalized spacial score (nSPS) is 30.5. The first kappa shape index (κ1) is 13.5. The van der Waals surface area contributed by atoms with Gasteiger partial charge in [0.2, 0.25) is 0 Å². The average molecular weight is 258 g/mol. The second-order valence-corrected chi connectivity index (χ2v) is 7.54. The molecule has 0 aromatic carbocycles. The summed E-state index contributed by atoms with van der Waals surface area (Å²) in [6.07, 6.45) is 18.1. The van der Waals surface area contributed by atoms with Gasteiger partial charge in [-0.15, -0.1) is 0 Å². The van der Waals surface area contributed by atoms with Crippen molar-refractivity contribution in [3.8, 4) is 0 Å². The third kappa shape index (κ3) is 2.83. The summed E-state index contributed by atoms with van der Waals surface area (Å²) in [7, 11) is 0. The van der Waals surface area contributed by atoms with E-state index in [1.54, 1.807) is 11.1 Å². The van der Waals surface area contributed by atoms with E-state index in [4.69, 9.17) is 0 Å². The van der Waals surface area contributed by atoms with Crippen LogP contribution in [-0.4, -0.2) is 0 Å². The highest BCUT2D eigenvalue weighted by molar-refractivity contribution is 5.20. The second-order valence-electron chi connectivity index (χ2n) is 7.54. The Kier molecular flexibility index (Phi) is 3.62. The molecule has 0 saturated heterocycles. The van der Waals surface area contributed by atoms with Crippen molar-refractivity contribution < 1.29 is 0 Å². The van der Waals surface area contributed by atoms with Gasteiger partial charge in [-0.1, -0.05) is 43.6 Å². The molecule has 106 valence electrons. The molecular formula is C19H30. The highest BCUT2D eigenvalue weighted by Gasteiger charge is 2.45. The Labute approximate surface area is 119 Å². The van der Waals surface area contributed by atoms with Crippen LogP contribution in [0.25, 0.3) is 0 Å². The van der Waals surface area contributed by atoms with Crippen LogP contribution in [0.15, 0.2) is 24.3 Å². The largest absolute Gasteiger partial charge is 0.0993 e. The molecule has 0 aliphatic heterocycles. The Bertz CT molecular complexity index is 365. The third-order valence-corrected chi connectivity index (χ3v) is 6.22. The van der Waals surface area contributed by atoms with Crippen molar-refractivity contribution >= 4 is 0 Å². The van der Waals surface area contributed by atoms with E-state index < -0.39 is 0 Å². The summed E-state index contributed by atoms with van der Waals surface area (Å²) in [6.45, 7) is 8.85. The van der Waals surface area contributed by atoms with Gasteiger partial charge in [0.25, 0.3) is 0 Å². The molecule has 0 amide bonds. The topological polar surface area (TPSA) is 0 Å². The predicted octanol–water partition coefficient (Wildman–Crippen LogP) is 6.18. The fourth-order valence-corrected chi connectivity index (χ4v) is 4.17. The number of allylic oxidation sites excluding steroid dienone is 2. The van der Waals surface area contributed by atoms with E-state index in [9.17, 15) is 0 Å². The SMILES string of the molecule is C=C1CCCCC2(CC2)C(=C)CCCCCC12CC2. The van der Waals surface area contributed by atoms with Crippen molar-refractivity contribution in [1.29, 1.82) is 0 Å². The lowest BCUT2D eigenvalue weighted by Gasteiger charge is -2.19. The van der Waals surface area contributed by atoms with Crippen LogP contribution in [0.1, 0.15) is 83.5 Å². The van der Waals surface area contributed by atoms with E-state index in [2.05, 4.69) is 13.2 Å². The molecule has 0 heterocycles. The van der Waals surface area contributed by atoms with Crippen LogP contribution >= 0.6 is 0 Å². The third-order valence-electron chi connectivity index (χ3n) is 6.22. The predicted molar refractivity (Wildman–Crippen MR) is 83.2 cm³/mol. The molecular weight excluding hydrogens is 228 g/mol. The molecule has 0 unspecified atom stereocenters. The van der Waals surface area contributed by atoms with E-state index in [0.717, 1.165) is 0 Å². The van der Waals surface area contributed by atoms with Crippen molar-refractivity contribution in [1.82, 2.24) is 0 Å². The zero-order valence-electron chi connectivity index (χ0n) is 12.6. The summed E-state index contributed by atoms with van der Waals surface area (Å²) >= 11 is 0. The van der Waals surface area contributed by atoms with Crippen LogP contribution in [0.3, 0.4) is 0 Å². The van der Waals surface area contributed by atoms with E-state index in [1.807, 2.05) is 0 Å². The quantitative estimate of drug-likeness (QED) is 0.455. The zero-order chi connectivity index (χ0) is 13.3. The molecule has 0 radical (unpaired) electrons. The highest BCUT2D eigenvalue weighted by Crippen LogP contribution is 2.58. The zero-order valence-corrected chi connectivity index (χ0v) is 12.6. The first-order valence-corrected chi connectivity index (χ1v) is 8.54. The Balaban J connectivity index is 1.59. The Morgan fingerprint density at radius 1 is 0.526 bits per heavy atom. The number of rotatable bonds is 0. The van der Waals surface area contributed by atoms with Gasteiger partial charge in [-0.3, -0.25) is 0 Å². The summed E-state index contributed by atoms with van der Waals surface area (Å²) < 4.78 is 0. The molecule has 0 atom stereocenters. The van der Waals surface area contributed by atoms with Crippen molar-refractivity contribution in [2.45, 2.75) is 83.5 Å². The Morgan fingerprint density at radius 2 is 0.947 bits per heavy atom. The van der Waals surface area contributed by atoms with E-state index >= 15 is 0 Å². The van der Waals surface area contributed by atoms with Gasteiger partial charge in [0, 0.05) is 0 Å². The fourth-order valence-electron chi connectivity index (χ4n) is 4.17. The molecule has 0 nitrogen and oxygen atoms in total. The molecule has 0 heteroatoms. The molecule has 0 aromatic rings. The highest BCUT2D eigenvalue weighted by atomic mass is 14.5. The summed E-state index contributed by atoms with van der Waals surface area (Å²) in [6, 6.07) is 0. The molecule has 19 heavy (non-hydrogen) atoms. The van der Waals surface area contributed by atoms with Gasteiger partial charge in [0.15, 0.2) is 0 Å². The molecule has 3 aliphatic carbocycles. The molecule has 3 fully saturated rings. The van der Waals surface area contributed by atoms with Crippen LogP contribution in [0.2, 0.25) is 0 Å². The van der Waals surface area contributed by atoms with Gasteiger partial charge in [-0.25, -0.2) is 0 Å². The lowest BCUT2D eigenvalue weighted by atomic mass is 9.86. The monoisotopic (exact) mass is 258 g/mol. The molecule has 2 spiro atoms. The van der Waals surface area contributed by atoms with Gasteiger partial charge < -0.3 is 0 Å². The minimum absolute atomic E-state index is 0.590. The maximum Gasteiger partial charge on any atom is -0.00901 e. The van der Waals surface area contributed by atoms with Crippen molar-refractivity contribution in [3.63, 3.8) is 0 Å². The van der Waals surface area contributed by atoms with E-state index in [-0.39, 0.29) is 0 Å². The molecule has 0 N–H and O–H groups in total. The van der Waals surface area contributed by atoms with Gasteiger partial charge >= 0.3 is 0 Å². The van der Waals surface area contributed by atoms with Crippen molar-refractivity contribution in [2.75, 3.05) is 0 Å². The van der Waals surface area contributed by atoms with Crippen molar-refractivity contribution in [2.24, 2.45) is 10.8 Å². The summed E-state index contributed by atoms with van der Waals surface area (Å²) in [5.41, 5.74) is 4.37. The minimum Gasteiger partial charge on any atom is -0.0993 e. The van der Waals surface area contributed by atoms with Crippen molar-refractivity contribution in [3.05, 3.63) is 24.3 Å². The fraction of sp³-hybridized carbons (Fsp3) is 0.789. The summed E-state index contributed by atoms with van der Waals surface area (Å²) in [4.78, 5) is 0. The lowest BCUT2D eigenvalue weighted by molar-refractivity contribution is 0.479. The standard InChI is InChI=1S/C19H30/c1-16-8-4-3-6-10-18(12-13-18)17(2)9-5-7-11-19(16)14-15-19/h1-15H2. The molecule has 3 saturated carbocycles. The van der Waals surface area contributed by atoms with Crippen LogP contribution in [0.4, 0.5) is 0 Å². The number of hydrogen-bond acceptors (Lipinski definition) is 0. The van der Waals surface area contributed by atoms with Crippen LogP contribution in [-0.2, 0) is 0 Å². The number of hydrogen-bond donors (Lipinski definition) is 0. The smallest absolute Gasteiger partial charge is 0.00901 e. The Hall–Kier alpha value is -0.520. The average Bonchev–Trinajstić information content (AvgIpc) is 3.28. The van der Waals surface area contributed by atoms with Gasteiger partial charge in [0.05, 0.1) is 0 Å². The maximum atomic E-state index is 4.43. The lowest BCUT2D eigenvalue weighted by Crippen LogP contribution is -2.05. The van der Waals surface area contributed by atoms with Crippen LogP contribution in [0, 0.1) is 10.8 Å². The first-order valence-electron chi connectivity index (χ1n) is 8.54. The van der Waals surface area contributed by atoms with E-state index in [1.165, 1.54) is 83.5 Å². The van der Waals surface area contributed by atoms with Gasteiger partial charge in [-0.2, -0.15) is 0 Å². The minimum atomic E-state index is 0.590. The summed E-state index contributed by atoms with van der Waals surface area (Å²) in [5.74, 6) is 0. The van der Waals surface area contributed by atoms with Gasteiger partial charge in [0.1, 0.15) is 0 Å². The van der Waals surface area contributed by atoms with Crippen LogP contribution < -0.4 is 0 Å². The molecule has 0 aromatic heterocycles. The molecule has 3 aliphatic rings. The summed E-state index contributed by atoms with van der Waals surface area (Å²) in [5, 5.41) is 0.